The average molecular weight is 358 g/mol. The van der Waals surface area contributed by atoms with Crippen molar-refractivity contribution in [3.8, 4) is 0 Å². The van der Waals surface area contributed by atoms with E-state index < -0.39 is 10.0 Å². The van der Waals surface area contributed by atoms with Crippen LogP contribution in [0.15, 0.2) is 53.4 Å². The van der Waals surface area contributed by atoms with E-state index in [4.69, 9.17) is 0 Å². The molecule has 0 heterocycles. The molecule has 132 valence electrons. The van der Waals surface area contributed by atoms with Crippen molar-refractivity contribution in [1.29, 1.82) is 0 Å². The minimum atomic E-state index is -3.61. The van der Waals surface area contributed by atoms with Gasteiger partial charge in [0.1, 0.15) is 0 Å². The first-order valence-corrected chi connectivity index (χ1v) is 9.77. The Hall–Kier alpha value is -2.18. The molecule has 0 spiro atoms. The summed E-state index contributed by atoms with van der Waals surface area (Å²) in [6.45, 7) is 1.42. The molecule has 0 aliphatic heterocycles. The van der Waals surface area contributed by atoms with Gasteiger partial charge in [-0.3, -0.25) is 4.79 Å². The Balaban J connectivity index is 1.89. The number of aryl methyl sites for hydroxylation is 1. The number of rotatable bonds is 4. The SMILES string of the molecule is CC(=O)Nc1ccc(S(=O)(=O)N(C)[C@H]2CCCc3ccccc32)cc1. The van der Waals surface area contributed by atoms with Crippen LogP contribution in [0.4, 0.5) is 5.69 Å². The highest BCUT2D eigenvalue weighted by Crippen LogP contribution is 2.36. The van der Waals surface area contributed by atoms with Crippen molar-refractivity contribution in [3.05, 3.63) is 59.7 Å². The summed E-state index contributed by atoms with van der Waals surface area (Å²) in [6, 6.07) is 14.2. The number of carbonyl (C=O) groups excluding carboxylic acids is 1. The minimum Gasteiger partial charge on any atom is -0.326 e. The molecule has 1 aliphatic carbocycles. The number of sulfonamides is 1. The van der Waals surface area contributed by atoms with Gasteiger partial charge in [-0.25, -0.2) is 8.42 Å². The van der Waals surface area contributed by atoms with Crippen molar-refractivity contribution in [2.75, 3.05) is 12.4 Å². The van der Waals surface area contributed by atoms with E-state index in [0.717, 1.165) is 24.8 Å². The second-order valence-electron chi connectivity index (χ2n) is 6.33. The van der Waals surface area contributed by atoms with Crippen molar-refractivity contribution >= 4 is 21.6 Å². The van der Waals surface area contributed by atoms with Gasteiger partial charge in [0.05, 0.1) is 4.90 Å². The van der Waals surface area contributed by atoms with Gasteiger partial charge in [-0.1, -0.05) is 24.3 Å². The zero-order chi connectivity index (χ0) is 18.0. The number of benzene rings is 2. The third kappa shape index (κ3) is 3.60. The summed E-state index contributed by atoms with van der Waals surface area (Å²) in [6.07, 6.45) is 2.78. The smallest absolute Gasteiger partial charge is 0.243 e. The summed E-state index contributed by atoms with van der Waals surface area (Å²) < 4.78 is 27.5. The molecule has 1 N–H and O–H groups in total. The molecule has 0 unspecified atom stereocenters. The van der Waals surface area contributed by atoms with E-state index >= 15 is 0 Å². The van der Waals surface area contributed by atoms with E-state index in [-0.39, 0.29) is 16.8 Å². The van der Waals surface area contributed by atoms with Crippen LogP contribution in [0.3, 0.4) is 0 Å². The molecule has 1 atom stereocenters. The maximum atomic E-state index is 13.0. The van der Waals surface area contributed by atoms with Gasteiger partial charge in [0.2, 0.25) is 15.9 Å². The maximum Gasteiger partial charge on any atom is 0.243 e. The van der Waals surface area contributed by atoms with Gasteiger partial charge < -0.3 is 5.32 Å². The van der Waals surface area contributed by atoms with Crippen LogP contribution in [-0.4, -0.2) is 25.7 Å². The number of nitrogens with one attached hydrogen (secondary N) is 1. The van der Waals surface area contributed by atoms with Crippen LogP contribution in [0.25, 0.3) is 0 Å². The summed E-state index contributed by atoms with van der Waals surface area (Å²) in [5.41, 5.74) is 2.90. The zero-order valence-corrected chi connectivity index (χ0v) is 15.2. The molecule has 0 fully saturated rings. The fourth-order valence-corrected chi connectivity index (χ4v) is 4.72. The summed E-state index contributed by atoms with van der Waals surface area (Å²) in [7, 11) is -1.96. The van der Waals surface area contributed by atoms with Crippen LogP contribution >= 0.6 is 0 Å². The summed E-state index contributed by atoms with van der Waals surface area (Å²) in [5.74, 6) is -0.188. The lowest BCUT2D eigenvalue weighted by Crippen LogP contribution is -2.33. The molecular weight excluding hydrogens is 336 g/mol. The lowest BCUT2D eigenvalue weighted by Gasteiger charge is -2.32. The van der Waals surface area contributed by atoms with E-state index in [1.54, 1.807) is 19.2 Å². The Morgan fingerprint density at radius 1 is 1.12 bits per heavy atom. The Labute approximate surface area is 148 Å². The Morgan fingerprint density at radius 2 is 1.80 bits per heavy atom. The van der Waals surface area contributed by atoms with E-state index in [2.05, 4.69) is 11.4 Å². The van der Waals surface area contributed by atoms with Crippen molar-refractivity contribution < 1.29 is 13.2 Å². The quantitative estimate of drug-likeness (QED) is 0.911. The third-order valence-electron chi connectivity index (χ3n) is 4.63. The number of nitrogens with zero attached hydrogens (tertiary/aromatic N) is 1. The second kappa shape index (κ2) is 6.98. The predicted octanol–water partition coefficient (Wildman–Crippen LogP) is 3.34. The normalized spacial score (nSPS) is 17.2. The molecule has 3 rings (SSSR count). The van der Waals surface area contributed by atoms with Crippen molar-refractivity contribution in [3.63, 3.8) is 0 Å². The largest absolute Gasteiger partial charge is 0.326 e. The highest BCUT2D eigenvalue weighted by atomic mass is 32.2. The standard InChI is InChI=1S/C19H22N2O3S/c1-14(22)20-16-10-12-17(13-11-16)25(23,24)21(2)19-9-5-7-15-6-3-4-8-18(15)19/h3-4,6,8,10-13,19H,5,7,9H2,1-2H3,(H,20,22)/t19-/m0/s1. The van der Waals surface area contributed by atoms with Gasteiger partial charge in [0.15, 0.2) is 0 Å². The van der Waals surface area contributed by atoms with Crippen LogP contribution in [-0.2, 0) is 21.2 Å². The monoisotopic (exact) mass is 358 g/mol. The minimum absolute atomic E-state index is 0.148. The van der Waals surface area contributed by atoms with Crippen LogP contribution in [0.2, 0.25) is 0 Å². The van der Waals surface area contributed by atoms with Gasteiger partial charge in [0, 0.05) is 25.7 Å². The molecule has 5 nitrogen and oxygen atoms in total. The van der Waals surface area contributed by atoms with Gasteiger partial charge >= 0.3 is 0 Å². The van der Waals surface area contributed by atoms with E-state index in [1.807, 2.05) is 18.2 Å². The first-order chi connectivity index (χ1) is 11.9. The molecule has 0 saturated carbocycles. The number of carbonyl (C=O) groups is 1. The van der Waals surface area contributed by atoms with E-state index in [1.165, 1.54) is 28.9 Å². The number of hydrogen-bond acceptors (Lipinski definition) is 3. The van der Waals surface area contributed by atoms with Gasteiger partial charge in [-0.2, -0.15) is 4.31 Å². The highest BCUT2D eigenvalue weighted by molar-refractivity contribution is 7.89. The molecular formula is C19H22N2O3S. The Morgan fingerprint density at radius 3 is 2.48 bits per heavy atom. The third-order valence-corrected chi connectivity index (χ3v) is 6.51. The lowest BCUT2D eigenvalue weighted by atomic mass is 9.88. The molecule has 1 amide bonds. The van der Waals surface area contributed by atoms with Crippen molar-refractivity contribution in [2.24, 2.45) is 0 Å². The van der Waals surface area contributed by atoms with Crippen LogP contribution in [0.5, 0.6) is 0 Å². The van der Waals surface area contributed by atoms with E-state index in [9.17, 15) is 13.2 Å². The fraction of sp³-hybridized carbons (Fsp3) is 0.316. The fourth-order valence-electron chi connectivity index (χ4n) is 3.35. The molecule has 0 radical (unpaired) electrons. The summed E-state index contributed by atoms with van der Waals surface area (Å²) in [5, 5.41) is 2.64. The van der Waals surface area contributed by atoms with Gasteiger partial charge in [-0.15, -0.1) is 0 Å². The first-order valence-electron chi connectivity index (χ1n) is 8.33. The number of anilines is 1. The Bertz CT molecular complexity index is 876. The van der Waals surface area contributed by atoms with Gasteiger partial charge in [0.25, 0.3) is 0 Å². The second-order valence-corrected chi connectivity index (χ2v) is 8.33. The molecule has 6 heteroatoms. The molecule has 0 aromatic heterocycles. The summed E-state index contributed by atoms with van der Waals surface area (Å²) in [4.78, 5) is 11.3. The topological polar surface area (TPSA) is 66.5 Å². The van der Waals surface area contributed by atoms with Crippen LogP contribution in [0.1, 0.15) is 36.9 Å². The lowest BCUT2D eigenvalue weighted by molar-refractivity contribution is -0.114. The van der Waals surface area contributed by atoms with Crippen molar-refractivity contribution in [1.82, 2.24) is 4.31 Å². The van der Waals surface area contributed by atoms with Crippen LogP contribution in [0, 0.1) is 0 Å². The summed E-state index contributed by atoms with van der Waals surface area (Å²) >= 11 is 0. The molecule has 0 saturated heterocycles. The van der Waals surface area contributed by atoms with Crippen molar-refractivity contribution in [2.45, 2.75) is 37.1 Å². The Kier molecular flexibility index (Phi) is 4.92. The number of amides is 1. The average Bonchev–Trinajstić information content (AvgIpc) is 2.60. The number of hydrogen-bond donors (Lipinski definition) is 1. The predicted molar refractivity (Wildman–Crippen MR) is 97.8 cm³/mol. The number of fused-ring (bicyclic) bond motifs is 1. The first kappa shape index (κ1) is 17.6. The molecule has 1 aliphatic rings. The highest BCUT2D eigenvalue weighted by Gasteiger charge is 2.31. The zero-order valence-electron chi connectivity index (χ0n) is 14.4. The maximum absolute atomic E-state index is 13.0. The molecule has 2 aromatic rings. The van der Waals surface area contributed by atoms with Gasteiger partial charge in [-0.05, 0) is 54.7 Å². The molecule has 0 bridgehead atoms. The molecule has 25 heavy (non-hydrogen) atoms. The molecule has 2 aromatic carbocycles. The van der Waals surface area contributed by atoms with E-state index in [0.29, 0.717) is 5.69 Å². The van der Waals surface area contributed by atoms with Crippen LogP contribution < -0.4 is 5.32 Å².